The van der Waals surface area contributed by atoms with Gasteiger partial charge in [-0.15, -0.1) is 0 Å². The lowest BCUT2D eigenvalue weighted by Gasteiger charge is -2.13. The van der Waals surface area contributed by atoms with Crippen LogP contribution in [0.2, 0.25) is 0 Å². The third kappa shape index (κ3) is 5.06. The molecule has 0 amide bonds. The molecule has 9 aromatic rings. The number of nitrogens with zero attached hydrogens (tertiary/aromatic N) is 5. The lowest BCUT2D eigenvalue weighted by molar-refractivity contribution is 0.932. The molecule has 0 aliphatic heterocycles. The Morgan fingerprint density at radius 2 is 1.14 bits per heavy atom. The van der Waals surface area contributed by atoms with Gasteiger partial charge in [0, 0.05) is 38.4 Å². The van der Waals surface area contributed by atoms with E-state index in [0.29, 0.717) is 17.6 Å². The van der Waals surface area contributed by atoms with E-state index in [1.54, 1.807) is 6.08 Å². The highest BCUT2D eigenvalue weighted by atomic mass is 15.2. The average molecular weight is 656 g/mol. The Morgan fingerprint density at radius 3 is 1.82 bits per heavy atom. The average Bonchev–Trinajstić information content (AvgIpc) is 3.72. The Labute approximate surface area is 295 Å². The molecule has 3 aromatic heterocycles. The molecule has 0 spiro atoms. The first kappa shape index (κ1) is 30.2. The quantitative estimate of drug-likeness (QED) is 0.161. The van der Waals surface area contributed by atoms with Crippen LogP contribution >= 0.6 is 0 Å². The number of benzene rings is 6. The van der Waals surface area contributed by atoms with Gasteiger partial charge in [-0.2, -0.15) is 9.97 Å². The molecule has 0 aliphatic carbocycles. The number of rotatable bonds is 7. The summed E-state index contributed by atoms with van der Waals surface area (Å²) in [5, 5.41) is 4.60. The molecule has 0 aliphatic rings. The van der Waals surface area contributed by atoms with Crippen molar-refractivity contribution in [3.63, 3.8) is 0 Å². The first-order chi connectivity index (χ1) is 25.2. The highest BCUT2D eigenvalue weighted by molar-refractivity contribution is 6.23. The zero-order valence-corrected chi connectivity index (χ0v) is 28.1. The number of hydrogen-bond acceptors (Lipinski definition) is 3. The number of hydrogen-bond donors (Lipinski definition) is 0. The molecular weight excluding hydrogens is 623 g/mol. The van der Waals surface area contributed by atoms with Gasteiger partial charge in [0.2, 0.25) is 5.95 Å². The fourth-order valence-corrected chi connectivity index (χ4v) is 7.18. The summed E-state index contributed by atoms with van der Waals surface area (Å²) >= 11 is 0. The topological polar surface area (TPSA) is 48.5 Å². The molecular formula is C46H33N5. The van der Waals surface area contributed by atoms with Crippen molar-refractivity contribution in [1.82, 2.24) is 24.1 Å². The summed E-state index contributed by atoms with van der Waals surface area (Å²) in [6.07, 6.45) is 7.77. The normalized spacial score (nSPS) is 12.1. The number of aromatic nitrogens is 5. The third-order valence-corrected chi connectivity index (χ3v) is 9.48. The van der Waals surface area contributed by atoms with Crippen molar-refractivity contribution in [2.24, 2.45) is 0 Å². The zero-order chi connectivity index (χ0) is 34.3. The Bertz CT molecular complexity index is 2820. The molecule has 0 atom stereocenters. The number of fused-ring (bicyclic) bond motifs is 7. The molecule has 0 radical (unpaired) electrons. The molecule has 0 saturated carbocycles. The van der Waals surface area contributed by atoms with E-state index in [0.717, 1.165) is 66.2 Å². The van der Waals surface area contributed by atoms with Crippen LogP contribution in [0.3, 0.4) is 0 Å². The summed E-state index contributed by atoms with van der Waals surface area (Å²) in [4.78, 5) is 15.6. The van der Waals surface area contributed by atoms with Crippen LogP contribution < -0.4 is 0 Å². The molecule has 5 nitrogen and oxygen atoms in total. The summed E-state index contributed by atoms with van der Waals surface area (Å²) in [7, 11) is 0. The van der Waals surface area contributed by atoms with Crippen molar-refractivity contribution in [2.75, 3.05) is 0 Å². The van der Waals surface area contributed by atoms with E-state index in [-0.39, 0.29) is 0 Å². The molecule has 242 valence electrons. The Morgan fingerprint density at radius 1 is 0.549 bits per heavy atom. The van der Waals surface area contributed by atoms with Gasteiger partial charge in [-0.3, -0.25) is 4.57 Å². The summed E-state index contributed by atoms with van der Waals surface area (Å²) in [5.74, 6) is 1.68. The van der Waals surface area contributed by atoms with E-state index in [9.17, 15) is 0 Å². The fraction of sp³-hybridized carbons (Fsp3) is 0.0217. The maximum absolute atomic E-state index is 5.29. The Balaban J connectivity index is 1.41. The molecule has 51 heavy (non-hydrogen) atoms. The highest BCUT2D eigenvalue weighted by Gasteiger charge is 2.23. The van der Waals surface area contributed by atoms with Gasteiger partial charge in [0.05, 0.1) is 22.1 Å². The highest BCUT2D eigenvalue weighted by Crippen LogP contribution is 2.41. The van der Waals surface area contributed by atoms with E-state index in [1.807, 2.05) is 31.2 Å². The van der Waals surface area contributed by atoms with E-state index >= 15 is 0 Å². The van der Waals surface area contributed by atoms with Crippen LogP contribution in [0.4, 0.5) is 0 Å². The number of para-hydroxylation sites is 3. The number of allylic oxidation sites excluding steroid dienone is 5. The lowest BCUT2D eigenvalue weighted by atomic mass is 10.0. The molecule has 0 fully saturated rings. The SMILES string of the molecule is C=C/C(=C\C=C/C)c1nc(-c2cccc(-c3ccccc3)c2)nc(-n2c3ccccc3c3ccc4c5ccccc5n(-c5ccccc5)c4c32)n1. The zero-order valence-electron chi connectivity index (χ0n) is 28.1. The van der Waals surface area contributed by atoms with Gasteiger partial charge in [-0.05, 0) is 48.4 Å². The summed E-state index contributed by atoms with van der Waals surface area (Å²) in [5.41, 5.74) is 9.31. The minimum Gasteiger partial charge on any atom is -0.307 e. The van der Waals surface area contributed by atoms with Gasteiger partial charge in [0.25, 0.3) is 0 Å². The standard InChI is InChI=1S/C46H33N5/c1-3-5-17-31(4-2)44-47-45(34-21-16-20-33(30-34)32-18-8-6-9-19-32)49-46(48-44)51-41-27-15-13-25-37(41)39-29-28-38-36-24-12-14-26-40(36)50(42(38)43(39)51)35-22-10-7-11-23-35/h3-30H,2H2,1H3/b5-3-,31-17+. The maximum atomic E-state index is 5.29. The van der Waals surface area contributed by atoms with Gasteiger partial charge in [-0.1, -0.05) is 146 Å². The summed E-state index contributed by atoms with van der Waals surface area (Å²) < 4.78 is 4.59. The van der Waals surface area contributed by atoms with Crippen LogP contribution in [0.15, 0.2) is 176 Å². The summed E-state index contributed by atoms with van der Waals surface area (Å²) in [6.45, 7) is 6.13. The molecule has 9 rings (SSSR count). The van der Waals surface area contributed by atoms with Crippen molar-refractivity contribution in [1.29, 1.82) is 0 Å². The molecule has 0 N–H and O–H groups in total. The smallest absolute Gasteiger partial charge is 0.238 e. The molecule has 6 aromatic carbocycles. The largest absolute Gasteiger partial charge is 0.307 e. The lowest BCUT2D eigenvalue weighted by Crippen LogP contribution is -2.08. The van der Waals surface area contributed by atoms with Crippen molar-refractivity contribution in [3.05, 3.63) is 182 Å². The monoisotopic (exact) mass is 655 g/mol. The van der Waals surface area contributed by atoms with Crippen LogP contribution in [-0.2, 0) is 0 Å². The second-order valence-electron chi connectivity index (χ2n) is 12.5. The van der Waals surface area contributed by atoms with E-state index < -0.39 is 0 Å². The second kappa shape index (κ2) is 12.6. The minimum absolute atomic E-state index is 0.539. The first-order valence-electron chi connectivity index (χ1n) is 17.1. The third-order valence-electron chi connectivity index (χ3n) is 9.48. The molecule has 0 bridgehead atoms. The molecule has 3 heterocycles. The van der Waals surface area contributed by atoms with Crippen LogP contribution in [-0.4, -0.2) is 24.1 Å². The van der Waals surface area contributed by atoms with E-state index in [2.05, 4.69) is 155 Å². The minimum atomic E-state index is 0.539. The van der Waals surface area contributed by atoms with E-state index in [4.69, 9.17) is 15.0 Å². The van der Waals surface area contributed by atoms with Crippen LogP contribution in [0.5, 0.6) is 0 Å². The van der Waals surface area contributed by atoms with Crippen molar-refractivity contribution >= 4 is 49.2 Å². The molecule has 0 unspecified atom stereocenters. The van der Waals surface area contributed by atoms with Gasteiger partial charge >= 0.3 is 0 Å². The van der Waals surface area contributed by atoms with Gasteiger partial charge in [-0.25, -0.2) is 4.98 Å². The van der Waals surface area contributed by atoms with Crippen molar-refractivity contribution < 1.29 is 0 Å². The second-order valence-corrected chi connectivity index (χ2v) is 12.5. The van der Waals surface area contributed by atoms with Gasteiger partial charge in [0.15, 0.2) is 11.6 Å². The van der Waals surface area contributed by atoms with E-state index in [1.165, 1.54) is 5.39 Å². The summed E-state index contributed by atoms with van der Waals surface area (Å²) in [6, 6.07) is 51.0. The predicted octanol–water partition coefficient (Wildman–Crippen LogP) is 11.5. The first-order valence-corrected chi connectivity index (χ1v) is 17.1. The van der Waals surface area contributed by atoms with Gasteiger partial charge < -0.3 is 4.57 Å². The van der Waals surface area contributed by atoms with Crippen LogP contribution in [0.25, 0.3) is 83.3 Å². The maximum Gasteiger partial charge on any atom is 0.238 e. The van der Waals surface area contributed by atoms with Crippen LogP contribution in [0.1, 0.15) is 12.7 Å². The Kier molecular flexibility index (Phi) is 7.44. The van der Waals surface area contributed by atoms with Gasteiger partial charge in [0.1, 0.15) is 0 Å². The molecule has 5 heteroatoms. The Hall–Kier alpha value is -6.85. The van der Waals surface area contributed by atoms with Crippen LogP contribution in [0, 0.1) is 0 Å². The molecule has 0 saturated heterocycles. The fourth-order valence-electron chi connectivity index (χ4n) is 7.18. The van der Waals surface area contributed by atoms with Crippen molar-refractivity contribution in [3.8, 4) is 34.2 Å². The van der Waals surface area contributed by atoms with Crippen molar-refractivity contribution in [2.45, 2.75) is 6.92 Å². The predicted molar refractivity (Wildman–Crippen MR) is 212 cm³/mol.